The second kappa shape index (κ2) is 9.36. The number of carbonyl (C=O) groups excluding carboxylic acids is 3. The molecule has 3 amide bonds. The quantitative estimate of drug-likeness (QED) is 0.772. The number of hydrogen-bond donors (Lipinski definition) is 1. The monoisotopic (exact) mass is 377 g/mol. The Morgan fingerprint density at radius 3 is 2.67 bits per heavy atom. The molecule has 1 aliphatic heterocycles. The van der Waals surface area contributed by atoms with Crippen LogP contribution in [-0.2, 0) is 14.3 Å². The summed E-state index contributed by atoms with van der Waals surface area (Å²) in [6, 6.07) is 4.96. The van der Waals surface area contributed by atoms with Crippen molar-refractivity contribution in [2.24, 2.45) is 5.92 Å². The van der Waals surface area contributed by atoms with Gasteiger partial charge in [0, 0.05) is 46.4 Å². The fourth-order valence-electron chi connectivity index (χ4n) is 2.98. The van der Waals surface area contributed by atoms with Crippen molar-refractivity contribution in [3.05, 3.63) is 23.8 Å². The molecule has 0 aliphatic carbocycles. The molecule has 1 aromatic carbocycles. The van der Waals surface area contributed by atoms with E-state index in [4.69, 9.17) is 9.47 Å². The van der Waals surface area contributed by atoms with Gasteiger partial charge in [-0.25, -0.2) is 0 Å². The van der Waals surface area contributed by atoms with E-state index in [1.165, 1.54) is 12.0 Å². The Hall–Kier alpha value is -2.61. The topological polar surface area (TPSA) is 88.2 Å². The Morgan fingerprint density at radius 1 is 1.30 bits per heavy atom. The van der Waals surface area contributed by atoms with E-state index in [-0.39, 0.29) is 23.6 Å². The molecule has 148 valence electrons. The van der Waals surface area contributed by atoms with E-state index < -0.39 is 0 Å². The standard InChI is InChI=1S/C19H27N3O5/c1-21(2)19(25)15-11-14(6-7-16(15)27-4)20-18(24)13-5-8-17(23)22(12-13)9-10-26-3/h6-7,11,13H,5,8-10,12H2,1-4H3,(H,20,24). The number of carbonyl (C=O) groups is 3. The Balaban J connectivity index is 2.10. The summed E-state index contributed by atoms with van der Waals surface area (Å²) in [5.41, 5.74) is 0.896. The lowest BCUT2D eigenvalue weighted by Crippen LogP contribution is -2.45. The number of rotatable bonds is 7. The third kappa shape index (κ3) is 5.19. The zero-order valence-electron chi connectivity index (χ0n) is 16.3. The van der Waals surface area contributed by atoms with Crippen LogP contribution in [-0.4, -0.2) is 75.5 Å². The van der Waals surface area contributed by atoms with Crippen LogP contribution >= 0.6 is 0 Å². The second-order valence-corrected chi connectivity index (χ2v) is 6.67. The van der Waals surface area contributed by atoms with Gasteiger partial charge in [0.1, 0.15) is 5.75 Å². The van der Waals surface area contributed by atoms with Crippen LogP contribution in [0, 0.1) is 5.92 Å². The van der Waals surface area contributed by atoms with Gasteiger partial charge in [-0.2, -0.15) is 0 Å². The first kappa shape index (κ1) is 20.7. The average Bonchev–Trinajstić information content (AvgIpc) is 2.66. The molecule has 1 atom stereocenters. The van der Waals surface area contributed by atoms with Crippen molar-refractivity contribution >= 4 is 23.4 Å². The Labute approximate surface area is 159 Å². The number of nitrogens with zero attached hydrogens (tertiary/aromatic N) is 2. The first-order chi connectivity index (χ1) is 12.9. The smallest absolute Gasteiger partial charge is 0.257 e. The maximum Gasteiger partial charge on any atom is 0.257 e. The van der Waals surface area contributed by atoms with Crippen LogP contribution in [0.1, 0.15) is 23.2 Å². The van der Waals surface area contributed by atoms with Gasteiger partial charge in [0.2, 0.25) is 11.8 Å². The zero-order chi connectivity index (χ0) is 20.0. The number of methoxy groups -OCH3 is 2. The SMILES string of the molecule is COCCN1CC(C(=O)Nc2ccc(OC)c(C(=O)N(C)C)c2)CCC1=O. The molecule has 1 unspecified atom stereocenters. The molecule has 0 saturated carbocycles. The molecule has 2 rings (SSSR count). The maximum absolute atomic E-state index is 12.7. The largest absolute Gasteiger partial charge is 0.496 e. The average molecular weight is 377 g/mol. The fourth-order valence-corrected chi connectivity index (χ4v) is 2.98. The summed E-state index contributed by atoms with van der Waals surface area (Å²) >= 11 is 0. The van der Waals surface area contributed by atoms with E-state index in [1.807, 2.05) is 0 Å². The summed E-state index contributed by atoms with van der Waals surface area (Å²) in [5.74, 6) is -0.190. The highest BCUT2D eigenvalue weighted by Crippen LogP contribution is 2.25. The summed E-state index contributed by atoms with van der Waals surface area (Å²) in [4.78, 5) is 40.0. The van der Waals surface area contributed by atoms with Gasteiger partial charge >= 0.3 is 0 Å². The molecule has 27 heavy (non-hydrogen) atoms. The third-order valence-electron chi connectivity index (χ3n) is 4.54. The summed E-state index contributed by atoms with van der Waals surface area (Å²) < 4.78 is 10.3. The van der Waals surface area contributed by atoms with E-state index in [1.54, 1.807) is 44.3 Å². The highest BCUT2D eigenvalue weighted by molar-refractivity contribution is 6.00. The van der Waals surface area contributed by atoms with E-state index >= 15 is 0 Å². The van der Waals surface area contributed by atoms with E-state index in [0.29, 0.717) is 49.5 Å². The van der Waals surface area contributed by atoms with Crippen LogP contribution < -0.4 is 10.1 Å². The number of benzene rings is 1. The molecule has 8 heteroatoms. The van der Waals surface area contributed by atoms with Crippen LogP contribution in [0.5, 0.6) is 5.75 Å². The molecule has 8 nitrogen and oxygen atoms in total. The van der Waals surface area contributed by atoms with Gasteiger partial charge in [-0.05, 0) is 24.6 Å². The molecule has 0 spiro atoms. The second-order valence-electron chi connectivity index (χ2n) is 6.67. The van der Waals surface area contributed by atoms with Crippen molar-refractivity contribution in [3.63, 3.8) is 0 Å². The minimum atomic E-state index is -0.297. The summed E-state index contributed by atoms with van der Waals surface area (Å²) in [7, 11) is 6.38. The molecule has 1 saturated heterocycles. The van der Waals surface area contributed by atoms with E-state index in [0.717, 1.165) is 0 Å². The number of amides is 3. The summed E-state index contributed by atoms with van der Waals surface area (Å²) in [6.07, 6.45) is 0.850. The molecule has 1 aromatic rings. The first-order valence-electron chi connectivity index (χ1n) is 8.84. The summed E-state index contributed by atoms with van der Waals surface area (Å²) in [5, 5.41) is 2.85. The van der Waals surface area contributed by atoms with Crippen LogP contribution in [0.25, 0.3) is 0 Å². The molecule has 0 radical (unpaired) electrons. The van der Waals surface area contributed by atoms with Crippen molar-refractivity contribution in [2.45, 2.75) is 12.8 Å². The minimum absolute atomic E-state index is 0.0411. The molecule has 1 aliphatic rings. The predicted octanol–water partition coefficient (Wildman–Crippen LogP) is 1.22. The zero-order valence-corrected chi connectivity index (χ0v) is 16.3. The summed E-state index contributed by atoms with van der Waals surface area (Å²) in [6.45, 7) is 1.28. The Bertz CT molecular complexity index is 705. The molecule has 1 heterocycles. The Morgan fingerprint density at radius 2 is 2.04 bits per heavy atom. The fraction of sp³-hybridized carbons (Fsp3) is 0.526. The number of anilines is 1. The first-order valence-corrected chi connectivity index (χ1v) is 8.84. The number of piperidine rings is 1. The number of hydrogen-bond acceptors (Lipinski definition) is 5. The predicted molar refractivity (Wildman–Crippen MR) is 101 cm³/mol. The van der Waals surface area contributed by atoms with Crippen LogP contribution in [0.2, 0.25) is 0 Å². The third-order valence-corrected chi connectivity index (χ3v) is 4.54. The van der Waals surface area contributed by atoms with Crippen LogP contribution in [0.3, 0.4) is 0 Å². The molecular formula is C19H27N3O5. The van der Waals surface area contributed by atoms with Crippen molar-refractivity contribution in [2.75, 3.05) is 53.3 Å². The number of likely N-dealkylation sites (tertiary alicyclic amines) is 1. The van der Waals surface area contributed by atoms with E-state index in [9.17, 15) is 14.4 Å². The van der Waals surface area contributed by atoms with Gasteiger partial charge in [0.25, 0.3) is 5.91 Å². The highest BCUT2D eigenvalue weighted by Gasteiger charge is 2.30. The van der Waals surface area contributed by atoms with Crippen molar-refractivity contribution in [1.82, 2.24) is 9.80 Å². The molecule has 0 aromatic heterocycles. The maximum atomic E-state index is 12.7. The van der Waals surface area contributed by atoms with Crippen molar-refractivity contribution < 1.29 is 23.9 Å². The van der Waals surface area contributed by atoms with Gasteiger partial charge in [-0.15, -0.1) is 0 Å². The van der Waals surface area contributed by atoms with Gasteiger partial charge in [-0.1, -0.05) is 0 Å². The molecule has 1 N–H and O–H groups in total. The number of nitrogens with one attached hydrogen (secondary N) is 1. The minimum Gasteiger partial charge on any atom is -0.496 e. The van der Waals surface area contributed by atoms with Crippen molar-refractivity contribution in [1.29, 1.82) is 0 Å². The molecule has 0 bridgehead atoms. The van der Waals surface area contributed by atoms with Crippen LogP contribution in [0.15, 0.2) is 18.2 Å². The van der Waals surface area contributed by atoms with Gasteiger partial charge in [-0.3, -0.25) is 14.4 Å². The van der Waals surface area contributed by atoms with Gasteiger partial charge in [0.15, 0.2) is 0 Å². The van der Waals surface area contributed by atoms with Crippen LogP contribution in [0.4, 0.5) is 5.69 Å². The lowest BCUT2D eigenvalue weighted by Gasteiger charge is -2.31. The van der Waals surface area contributed by atoms with Crippen molar-refractivity contribution in [3.8, 4) is 5.75 Å². The molecular weight excluding hydrogens is 350 g/mol. The highest BCUT2D eigenvalue weighted by atomic mass is 16.5. The van der Waals surface area contributed by atoms with Gasteiger partial charge in [0.05, 0.1) is 25.2 Å². The van der Waals surface area contributed by atoms with Gasteiger partial charge < -0.3 is 24.6 Å². The lowest BCUT2D eigenvalue weighted by molar-refractivity contribution is -0.137. The lowest BCUT2D eigenvalue weighted by atomic mass is 9.96. The van der Waals surface area contributed by atoms with E-state index in [2.05, 4.69) is 5.32 Å². The Kier molecular flexibility index (Phi) is 7.18. The molecule has 1 fully saturated rings. The normalized spacial score (nSPS) is 16.8. The number of ether oxygens (including phenoxy) is 2.